The van der Waals surface area contributed by atoms with Crippen LogP contribution in [-0.2, 0) is 26.3 Å². The minimum atomic E-state index is -0.700. The van der Waals surface area contributed by atoms with Crippen molar-refractivity contribution in [1.29, 1.82) is 0 Å². The standard InChI is InChI=1S/C23H26ClNO5/c1-28-19-10-5-16(13-20(19)29-2)14-25-21(26)15-30-22(27)23(11-3-4-12-23)17-6-8-18(24)9-7-17/h5-10,13H,3-4,11-12,14-15H2,1-2H3,(H,25,26). The number of rotatable bonds is 8. The number of hydrogen-bond acceptors (Lipinski definition) is 5. The molecule has 0 radical (unpaired) electrons. The van der Waals surface area contributed by atoms with Crippen molar-refractivity contribution in [3.63, 3.8) is 0 Å². The highest BCUT2D eigenvalue weighted by atomic mass is 35.5. The highest BCUT2D eigenvalue weighted by molar-refractivity contribution is 6.30. The first-order valence-corrected chi connectivity index (χ1v) is 10.3. The SMILES string of the molecule is COc1ccc(CNC(=O)COC(=O)C2(c3ccc(Cl)cc3)CCCC2)cc1OC. The zero-order chi connectivity index (χ0) is 21.6. The van der Waals surface area contributed by atoms with Gasteiger partial charge in [0.05, 0.1) is 19.6 Å². The molecule has 160 valence electrons. The zero-order valence-corrected chi connectivity index (χ0v) is 18.0. The summed E-state index contributed by atoms with van der Waals surface area (Å²) in [6, 6.07) is 12.7. The molecule has 7 heteroatoms. The minimum Gasteiger partial charge on any atom is -0.493 e. The number of halogens is 1. The fourth-order valence-corrected chi connectivity index (χ4v) is 4.00. The first-order chi connectivity index (χ1) is 14.5. The molecule has 0 saturated heterocycles. The maximum Gasteiger partial charge on any atom is 0.317 e. The third-order valence-electron chi connectivity index (χ3n) is 5.52. The lowest BCUT2D eigenvalue weighted by Crippen LogP contribution is -2.37. The van der Waals surface area contributed by atoms with Crippen LogP contribution in [0.25, 0.3) is 0 Å². The van der Waals surface area contributed by atoms with E-state index in [9.17, 15) is 9.59 Å². The lowest BCUT2D eigenvalue weighted by Gasteiger charge is -2.27. The van der Waals surface area contributed by atoms with E-state index in [-0.39, 0.29) is 18.5 Å². The summed E-state index contributed by atoms with van der Waals surface area (Å²) in [7, 11) is 3.12. The van der Waals surface area contributed by atoms with Crippen molar-refractivity contribution < 1.29 is 23.8 Å². The van der Waals surface area contributed by atoms with Crippen molar-refractivity contribution >= 4 is 23.5 Å². The zero-order valence-electron chi connectivity index (χ0n) is 17.2. The Balaban J connectivity index is 1.57. The molecule has 1 fully saturated rings. The summed E-state index contributed by atoms with van der Waals surface area (Å²) >= 11 is 5.98. The molecule has 1 aliphatic rings. The molecule has 0 heterocycles. The molecule has 0 spiro atoms. The second-order valence-corrected chi connectivity index (χ2v) is 7.77. The van der Waals surface area contributed by atoms with E-state index in [4.69, 9.17) is 25.8 Å². The van der Waals surface area contributed by atoms with Gasteiger partial charge in [0, 0.05) is 11.6 Å². The van der Waals surface area contributed by atoms with Crippen molar-refractivity contribution in [3.05, 3.63) is 58.6 Å². The third-order valence-corrected chi connectivity index (χ3v) is 5.77. The molecule has 1 N–H and O–H groups in total. The third kappa shape index (κ3) is 4.87. The first-order valence-electron chi connectivity index (χ1n) is 9.89. The summed E-state index contributed by atoms with van der Waals surface area (Å²) in [6.07, 6.45) is 3.31. The van der Waals surface area contributed by atoms with Gasteiger partial charge in [0.15, 0.2) is 18.1 Å². The minimum absolute atomic E-state index is 0.291. The number of nitrogens with one attached hydrogen (secondary N) is 1. The molecule has 0 aromatic heterocycles. The highest BCUT2D eigenvalue weighted by Gasteiger charge is 2.44. The lowest BCUT2D eigenvalue weighted by molar-refractivity contribution is -0.154. The van der Waals surface area contributed by atoms with Gasteiger partial charge >= 0.3 is 5.97 Å². The van der Waals surface area contributed by atoms with Gasteiger partial charge in [-0.25, -0.2) is 0 Å². The largest absolute Gasteiger partial charge is 0.493 e. The quantitative estimate of drug-likeness (QED) is 0.639. The van der Waals surface area contributed by atoms with Gasteiger partial charge in [-0.15, -0.1) is 0 Å². The molecule has 6 nitrogen and oxygen atoms in total. The van der Waals surface area contributed by atoms with Gasteiger partial charge in [-0.05, 0) is 48.2 Å². The Morgan fingerprint density at radius 2 is 1.67 bits per heavy atom. The monoisotopic (exact) mass is 431 g/mol. The number of hydrogen-bond donors (Lipinski definition) is 1. The molecule has 1 amide bonds. The summed E-state index contributed by atoms with van der Waals surface area (Å²) in [5.41, 5.74) is 1.04. The van der Waals surface area contributed by atoms with Gasteiger partial charge in [-0.3, -0.25) is 9.59 Å². The normalized spacial score (nSPS) is 14.8. The molecule has 30 heavy (non-hydrogen) atoms. The Labute approximate surface area is 181 Å². The second kappa shape index (κ2) is 9.85. The first kappa shape index (κ1) is 22.0. The van der Waals surface area contributed by atoms with Crippen LogP contribution in [0.5, 0.6) is 11.5 Å². The van der Waals surface area contributed by atoms with E-state index in [0.717, 1.165) is 24.0 Å². The average molecular weight is 432 g/mol. The van der Waals surface area contributed by atoms with Crippen molar-refractivity contribution in [2.45, 2.75) is 37.6 Å². The van der Waals surface area contributed by atoms with E-state index in [2.05, 4.69) is 5.32 Å². The Morgan fingerprint density at radius 1 is 1.00 bits per heavy atom. The van der Waals surface area contributed by atoms with Crippen molar-refractivity contribution in [1.82, 2.24) is 5.32 Å². The average Bonchev–Trinajstić information content (AvgIpc) is 3.27. The van der Waals surface area contributed by atoms with E-state index in [1.807, 2.05) is 18.2 Å². The fourth-order valence-electron chi connectivity index (χ4n) is 3.87. The summed E-state index contributed by atoms with van der Waals surface area (Å²) in [5.74, 6) is 0.485. The number of carbonyl (C=O) groups is 2. The van der Waals surface area contributed by atoms with Crippen LogP contribution in [0, 0.1) is 0 Å². The van der Waals surface area contributed by atoms with Gasteiger partial charge in [0.25, 0.3) is 5.91 Å². The predicted molar refractivity (Wildman–Crippen MR) is 114 cm³/mol. The molecular formula is C23H26ClNO5. The van der Waals surface area contributed by atoms with Crippen LogP contribution in [-0.4, -0.2) is 32.7 Å². The molecular weight excluding hydrogens is 406 g/mol. The topological polar surface area (TPSA) is 73.9 Å². The maximum atomic E-state index is 12.9. The molecule has 0 aliphatic heterocycles. The molecule has 3 rings (SSSR count). The number of ether oxygens (including phenoxy) is 3. The Morgan fingerprint density at radius 3 is 2.30 bits per heavy atom. The maximum absolute atomic E-state index is 12.9. The number of esters is 1. The molecule has 2 aromatic carbocycles. The van der Waals surface area contributed by atoms with E-state index < -0.39 is 5.41 Å². The smallest absolute Gasteiger partial charge is 0.317 e. The Hall–Kier alpha value is -2.73. The van der Waals surface area contributed by atoms with Crippen LogP contribution < -0.4 is 14.8 Å². The van der Waals surface area contributed by atoms with Crippen LogP contribution in [0.2, 0.25) is 5.02 Å². The molecule has 1 aliphatic carbocycles. The molecule has 1 saturated carbocycles. The summed E-state index contributed by atoms with van der Waals surface area (Å²) in [6.45, 7) is -0.0273. The van der Waals surface area contributed by atoms with E-state index in [1.54, 1.807) is 38.5 Å². The van der Waals surface area contributed by atoms with Crippen LogP contribution in [0.15, 0.2) is 42.5 Å². The number of methoxy groups -OCH3 is 2. The number of carbonyl (C=O) groups excluding carboxylic acids is 2. The fraction of sp³-hybridized carbons (Fsp3) is 0.391. The highest BCUT2D eigenvalue weighted by Crippen LogP contribution is 2.42. The Kier molecular flexibility index (Phi) is 7.21. The van der Waals surface area contributed by atoms with Gasteiger partial charge in [-0.1, -0.05) is 42.6 Å². The van der Waals surface area contributed by atoms with Crippen LogP contribution >= 0.6 is 11.6 Å². The van der Waals surface area contributed by atoms with Gasteiger partial charge in [-0.2, -0.15) is 0 Å². The van der Waals surface area contributed by atoms with Gasteiger partial charge in [0.2, 0.25) is 0 Å². The molecule has 0 atom stereocenters. The van der Waals surface area contributed by atoms with Crippen molar-refractivity contribution in [2.75, 3.05) is 20.8 Å². The van der Waals surface area contributed by atoms with Crippen LogP contribution in [0.1, 0.15) is 36.8 Å². The summed E-state index contributed by atoms with van der Waals surface area (Å²) < 4.78 is 15.9. The van der Waals surface area contributed by atoms with E-state index in [1.165, 1.54) is 0 Å². The van der Waals surface area contributed by atoms with E-state index in [0.29, 0.717) is 35.9 Å². The lowest BCUT2D eigenvalue weighted by atomic mass is 9.79. The van der Waals surface area contributed by atoms with E-state index >= 15 is 0 Å². The number of amides is 1. The van der Waals surface area contributed by atoms with Crippen LogP contribution in [0.3, 0.4) is 0 Å². The number of benzene rings is 2. The second-order valence-electron chi connectivity index (χ2n) is 7.34. The van der Waals surface area contributed by atoms with Crippen LogP contribution in [0.4, 0.5) is 0 Å². The molecule has 0 unspecified atom stereocenters. The van der Waals surface area contributed by atoms with Crippen molar-refractivity contribution in [2.24, 2.45) is 0 Å². The van der Waals surface area contributed by atoms with Crippen molar-refractivity contribution in [3.8, 4) is 11.5 Å². The predicted octanol–water partition coefficient (Wildman–Crippen LogP) is 4.03. The summed E-state index contributed by atoms with van der Waals surface area (Å²) in [4.78, 5) is 25.2. The summed E-state index contributed by atoms with van der Waals surface area (Å²) in [5, 5.41) is 3.38. The van der Waals surface area contributed by atoms with Gasteiger partial charge < -0.3 is 19.5 Å². The van der Waals surface area contributed by atoms with Gasteiger partial charge in [0.1, 0.15) is 0 Å². The Bertz CT molecular complexity index is 891. The molecule has 2 aromatic rings. The molecule has 0 bridgehead atoms.